The molecule has 2 aromatic rings. The van der Waals surface area contributed by atoms with E-state index in [-0.39, 0.29) is 17.2 Å². The lowest BCUT2D eigenvalue weighted by Crippen LogP contribution is -2.27. The average molecular weight is 306 g/mol. The highest BCUT2D eigenvalue weighted by molar-refractivity contribution is 5.88. The summed E-state index contributed by atoms with van der Waals surface area (Å²) in [5.74, 6) is 0.0723. The third-order valence-electron chi connectivity index (χ3n) is 2.46. The molecule has 0 aliphatic heterocycles. The number of amides is 1. The van der Waals surface area contributed by atoms with Crippen molar-refractivity contribution in [2.75, 3.05) is 5.32 Å². The Bertz CT molecular complexity index is 687. The van der Waals surface area contributed by atoms with Gasteiger partial charge in [0.05, 0.1) is 4.92 Å². The van der Waals surface area contributed by atoms with E-state index in [0.29, 0.717) is 5.56 Å². The Morgan fingerprint density at radius 3 is 2.45 bits per heavy atom. The molecule has 9 nitrogen and oxygen atoms in total. The maximum absolute atomic E-state index is 11.7. The van der Waals surface area contributed by atoms with E-state index in [1.807, 2.05) is 0 Å². The second-order valence-corrected chi connectivity index (χ2v) is 5.39. The van der Waals surface area contributed by atoms with Crippen LogP contribution in [0.2, 0.25) is 0 Å². The predicted octanol–water partition coefficient (Wildman–Crippen LogP) is 2.99. The molecule has 2 rings (SSSR count). The number of anilines is 1. The van der Waals surface area contributed by atoms with E-state index in [0.717, 1.165) is 0 Å². The normalized spacial score (nSPS) is 11.0. The smallest absolute Gasteiger partial charge is 0.413 e. The third kappa shape index (κ3) is 3.78. The van der Waals surface area contributed by atoms with Gasteiger partial charge >= 0.3 is 6.09 Å². The summed E-state index contributed by atoms with van der Waals surface area (Å²) in [6.07, 6.45) is -0.702. The highest BCUT2D eigenvalue weighted by atomic mass is 16.6. The lowest BCUT2D eigenvalue weighted by Gasteiger charge is -2.19. The van der Waals surface area contributed by atoms with E-state index in [2.05, 4.69) is 20.3 Å². The minimum Gasteiger partial charge on any atom is -0.444 e. The van der Waals surface area contributed by atoms with Crippen molar-refractivity contribution in [2.45, 2.75) is 26.4 Å². The Labute approximate surface area is 125 Å². The Hall–Kier alpha value is -2.97. The van der Waals surface area contributed by atoms with Crippen LogP contribution >= 0.6 is 0 Å². The zero-order valence-corrected chi connectivity index (χ0v) is 12.2. The molecule has 0 bridgehead atoms. The van der Waals surface area contributed by atoms with Crippen LogP contribution in [0.25, 0.3) is 11.3 Å². The monoisotopic (exact) mass is 306 g/mol. The molecule has 9 heteroatoms. The minimum atomic E-state index is -0.702. The number of nitro benzene ring substituents is 1. The van der Waals surface area contributed by atoms with Gasteiger partial charge in [0, 0.05) is 17.7 Å². The van der Waals surface area contributed by atoms with Crippen molar-refractivity contribution < 1.29 is 19.1 Å². The van der Waals surface area contributed by atoms with E-state index < -0.39 is 16.6 Å². The molecule has 1 amide bonds. The number of nitrogens with zero attached hydrogens (tertiary/aromatic N) is 3. The number of carbonyl (C=O) groups excluding carboxylic acids is 1. The molecule has 0 saturated carbocycles. The van der Waals surface area contributed by atoms with Crippen molar-refractivity contribution in [2.24, 2.45) is 0 Å². The van der Waals surface area contributed by atoms with Crippen molar-refractivity contribution >= 4 is 17.6 Å². The molecular formula is C13H14N4O5. The molecule has 22 heavy (non-hydrogen) atoms. The van der Waals surface area contributed by atoms with Crippen LogP contribution in [0, 0.1) is 10.1 Å². The van der Waals surface area contributed by atoms with Crippen LogP contribution < -0.4 is 5.32 Å². The fourth-order valence-electron chi connectivity index (χ4n) is 1.60. The van der Waals surface area contributed by atoms with E-state index in [1.54, 1.807) is 20.8 Å². The van der Waals surface area contributed by atoms with Crippen molar-refractivity contribution in [3.05, 3.63) is 34.4 Å². The first kappa shape index (κ1) is 15.4. The number of benzene rings is 1. The number of ether oxygens (including phenoxy) is 1. The maximum atomic E-state index is 11.7. The summed E-state index contributed by atoms with van der Waals surface area (Å²) in [6.45, 7) is 5.18. The summed E-state index contributed by atoms with van der Waals surface area (Å²) in [7, 11) is 0. The Kier molecular flexibility index (Phi) is 4.06. The lowest BCUT2D eigenvalue weighted by atomic mass is 10.1. The zero-order valence-electron chi connectivity index (χ0n) is 12.2. The number of nitrogens with one attached hydrogen (secondary N) is 1. The van der Waals surface area contributed by atoms with Gasteiger partial charge in [0.2, 0.25) is 5.82 Å². The van der Waals surface area contributed by atoms with Crippen LogP contribution in [0.4, 0.5) is 16.3 Å². The predicted molar refractivity (Wildman–Crippen MR) is 76.2 cm³/mol. The zero-order chi connectivity index (χ0) is 16.3. The van der Waals surface area contributed by atoms with Gasteiger partial charge in [-0.3, -0.25) is 15.4 Å². The first-order valence-corrected chi connectivity index (χ1v) is 6.33. The number of nitro groups is 1. The standard InChI is InChI=1S/C13H14N4O5/c1-13(2,3)21-12(18)14-11-10(15-22-16-11)8-4-6-9(7-5-8)17(19)20/h4-7H,1-3H3,(H,14,16,18). The van der Waals surface area contributed by atoms with Gasteiger partial charge < -0.3 is 4.74 Å². The third-order valence-corrected chi connectivity index (χ3v) is 2.46. The van der Waals surface area contributed by atoms with Crippen molar-refractivity contribution in [1.29, 1.82) is 0 Å². The molecule has 1 aromatic heterocycles. The number of non-ortho nitro benzene ring substituents is 1. The first-order valence-electron chi connectivity index (χ1n) is 6.33. The Morgan fingerprint density at radius 1 is 1.27 bits per heavy atom. The van der Waals surface area contributed by atoms with E-state index >= 15 is 0 Å². The van der Waals surface area contributed by atoms with E-state index in [9.17, 15) is 14.9 Å². The molecule has 116 valence electrons. The molecule has 1 aromatic carbocycles. The van der Waals surface area contributed by atoms with Gasteiger partial charge in [0.1, 0.15) is 5.60 Å². The molecule has 0 aliphatic carbocycles. The maximum Gasteiger partial charge on any atom is 0.413 e. The molecule has 0 saturated heterocycles. The van der Waals surface area contributed by atoms with Gasteiger partial charge in [-0.25, -0.2) is 9.42 Å². The minimum absolute atomic E-state index is 0.0538. The Balaban J connectivity index is 2.19. The molecule has 0 radical (unpaired) electrons. The molecule has 0 spiro atoms. The molecule has 0 atom stereocenters. The number of hydrogen-bond acceptors (Lipinski definition) is 7. The molecule has 1 heterocycles. The fraction of sp³-hybridized carbons (Fsp3) is 0.308. The second-order valence-electron chi connectivity index (χ2n) is 5.39. The largest absolute Gasteiger partial charge is 0.444 e. The van der Waals surface area contributed by atoms with Gasteiger partial charge in [-0.15, -0.1) is 0 Å². The molecule has 1 N–H and O–H groups in total. The van der Waals surface area contributed by atoms with Crippen molar-refractivity contribution in [3.63, 3.8) is 0 Å². The van der Waals surface area contributed by atoms with Crippen LogP contribution in [-0.2, 0) is 4.74 Å². The summed E-state index contributed by atoms with van der Waals surface area (Å²) in [4.78, 5) is 21.8. The van der Waals surface area contributed by atoms with Gasteiger partial charge in [-0.2, -0.15) is 0 Å². The van der Waals surface area contributed by atoms with Crippen LogP contribution in [0.1, 0.15) is 20.8 Å². The number of carbonyl (C=O) groups is 1. The second kappa shape index (κ2) is 5.80. The van der Waals surface area contributed by atoms with Crippen molar-refractivity contribution in [1.82, 2.24) is 10.3 Å². The lowest BCUT2D eigenvalue weighted by molar-refractivity contribution is -0.384. The summed E-state index contributed by atoms with van der Waals surface area (Å²) in [5, 5.41) is 20.3. The fourth-order valence-corrected chi connectivity index (χ4v) is 1.60. The summed E-state index contributed by atoms with van der Waals surface area (Å²) < 4.78 is 9.71. The molecule has 0 fully saturated rings. The number of hydrogen-bond donors (Lipinski definition) is 1. The number of aromatic nitrogens is 2. The van der Waals surface area contributed by atoms with Crippen LogP contribution in [0.3, 0.4) is 0 Å². The SMILES string of the molecule is CC(C)(C)OC(=O)Nc1nonc1-c1ccc([N+](=O)[O-])cc1. The van der Waals surface area contributed by atoms with Gasteiger partial charge in [0.15, 0.2) is 5.69 Å². The van der Waals surface area contributed by atoms with Gasteiger partial charge in [0.25, 0.3) is 5.69 Å². The van der Waals surface area contributed by atoms with Gasteiger partial charge in [-0.05, 0) is 43.2 Å². The highest BCUT2D eigenvalue weighted by Crippen LogP contribution is 2.26. The summed E-state index contributed by atoms with van der Waals surface area (Å²) in [6, 6.07) is 5.61. The van der Waals surface area contributed by atoms with E-state index in [4.69, 9.17) is 4.74 Å². The Morgan fingerprint density at radius 2 is 1.91 bits per heavy atom. The number of rotatable bonds is 3. The topological polar surface area (TPSA) is 120 Å². The van der Waals surface area contributed by atoms with Crippen LogP contribution in [-0.4, -0.2) is 26.9 Å². The average Bonchev–Trinajstić information content (AvgIpc) is 2.84. The molecule has 0 unspecified atom stereocenters. The summed E-state index contributed by atoms with van der Waals surface area (Å²) in [5.41, 5.74) is 0.0508. The molecule has 0 aliphatic rings. The van der Waals surface area contributed by atoms with Crippen LogP contribution in [0.15, 0.2) is 28.9 Å². The van der Waals surface area contributed by atoms with E-state index in [1.165, 1.54) is 24.3 Å². The quantitative estimate of drug-likeness (QED) is 0.683. The van der Waals surface area contributed by atoms with Crippen molar-refractivity contribution in [3.8, 4) is 11.3 Å². The van der Waals surface area contributed by atoms with Gasteiger partial charge in [-0.1, -0.05) is 0 Å². The summed E-state index contributed by atoms with van der Waals surface area (Å²) >= 11 is 0. The first-order chi connectivity index (χ1) is 10.3. The molecular weight excluding hydrogens is 292 g/mol. The highest BCUT2D eigenvalue weighted by Gasteiger charge is 2.20. The van der Waals surface area contributed by atoms with Crippen LogP contribution in [0.5, 0.6) is 0 Å².